The predicted molar refractivity (Wildman–Crippen MR) is 135 cm³/mol. The third-order valence-electron chi connectivity index (χ3n) is 6.00. The standard InChI is InChI=1S/C27H18F12N2O5/c1-12-10-13(24(30,25(31,32)33)26(34,35)36)11-18(45-23(28)29)19(12)41-22(43)15-7-5-8-16(20(15)44-2)40-21(42)14-6-3-4-9-17(14)46-27(37,38)39/h3-11,23H,1-2H3,(H,40,42)(H,41,43). The molecule has 0 aliphatic carbocycles. The third kappa shape index (κ3) is 7.51. The number of methoxy groups -OCH3 is 1. The number of amides is 2. The number of rotatable bonds is 9. The van der Waals surface area contributed by atoms with E-state index < -0.39 is 88.0 Å². The highest BCUT2D eigenvalue weighted by atomic mass is 19.4. The van der Waals surface area contributed by atoms with Gasteiger partial charge in [0.2, 0.25) is 0 Å². The summed E-state index contributed by atoms with van der Waals surface area (Å²) in [6.45, 7) is -3.10. The molecule has 0 aliphatic heterocycles. The Morgan fingerprint density at radius 2 is 1.30 bits per heavy atom. The van der Waals surface area contributed by atoms with Gasteiger partial charge < -0.3 is 24.8 Å². The maximum absolute atomic E-state index is 14.7. The smallest absolute Gasteiger partial charge is 0.494 e. The zero-order valence-electron chi connectivity index (χ0n) is 22.9. The van der Waals surface area contributed by atoms with Crippen LogP contribution in [0, 0.1) is 6.92 Å². The molecule has 46 heavy (non-hydrogen) atoms. The molecular formula is C27H18F12N2O5. The SMILES string of the molecule is COc1c(NC(=O)c2ccccc2OC(F)(F)F)cccc1C(=O)Nc1c(C)cc(C(F)(C(F)(F)F)C(F)(F)F)cc1OC(F)F. The lowest BCUT2D eigenvalue weighted by Crippen LogP contribution is -2.50. The zero-order valence-corrected chi connectivity index (χ0v) is 22.9. The fourth-order valence-corrected chi connectivity index (χ4v) is 4.06. The van der Waals surface area contributed by atoms with Crippen molar-refractivity contribution in [3.8, 4) is 17.2 Å². The molecule has 7 nitrogen and oxygen atoms in total. The number of halogens is 12. The van der Waals surface area contributed by atoms with Crippen molar-refractivity contribution < 1.29 is 76.5 Å². The minimum Gasteiger partial charge on any atom is -0.494 e. The molecule has 3 rings (SSSR count). The van der Waals surface area contributed by atoms with Crippen molar-refractivity contribution in [2.45, 2.75) is 37.9 Å². The van der Waals surface area contributed by atoms with Crippen LogP contribution < -0.4 is 24.8 Å². The van der Waals surface area contributed by atoms with Crippen LogP contribution in [0.3, 0.4) is 0 Å². The highest BCUT2D eigenvalue weighted by Crippen LogP contribution is 2.54. The summed E-state index contributed by atoms with van der Waals surface area (Å²) < 4.78 is 172. The quantitative estimate of drug-likeness (QED) is 0.223. The fourth-order valence-electron chi connectivity index (χ4n) is 4.06. The van der Waals surface area contributed by atoms with Crippen LogP contribution >= 0.6 is 0 Å². The topological polar surface area (TPSA) is 85.9 Å². The van der Waals surface area contributed by atoms with Crippen LogP contribution in [0.1, 0.15) is 31.8 Å². The fraction of sp³-hybridized carbons (Fsp3) is 0.259. The van der Waals surface area contributed by atoms with Gasteiger partial charge in [-0.25, -0.2) is 4.39 Å². The lowest BCUT2D eigenvalue weighted by atomic mass is 9.92. The van der Waals surface area contributed by atoms with Crippen LogP contribution in [-0.2, 0) is 5.67 Å². The molecule has 0 spiro atoms. The molecule has 0 fully saturated rings. The van der Waals surface area contributed by atoms with E-state index in [1.807, 2.05) is 5.32 Å². The van der Waals surface area contributed by atoms with E-state index in [0.29, 0.717) is 0 Å². The van der Waals surface area contributed by atoms with Gasteiger partial charge in [0.1, 0.15) is 11.5 Å². The van der Waals surface area contributed by atoms with E-state index in [4.69, 9.17) is 4.74 Å². The van der Waals surface area contributed by atoms with Gasteiger partial charge >= 0.3 is 31.0 Å². The molecule has 2 N–H and O–H groups in total. The second-order valence-electron chi connectivity index (χ2n) is 9.04. The molecule has 19 heteroatoms. The maximum atomic E-state index is 14.7. The summed E-state index contributed by atoms with van der Waals surface area (Å²) in [6, 6.07) is 7.14. The van der Waals surface area contributed by atoms with Crippen molar-refractivity contribution in [3.63, 3.8) is 0 Å². The monoisotopic (exact) mass is 678 g/mol. The number of carbonyl (C=O) groups is 2. The number of benzene rings is 3. The molecule has 0 aliphatic rings. The summed E-state index contributed by atoms with van der Waals surface area (Å²) in [4.78, 5) is 26.0. The Kier molecular flexibility index (Phi) is 9.97. The highest BCUT2D eigenvalue weighted by molar-refractivity contribution is 6.11. The molecule has 250 valence electrons. The molecular weight excluding hydrogens is 660 g/mol. The van der Waals surface area contributed by atoms with Crippen molar-refractivity contribution in [1.29, 1.82) is 0 Å². The molecule has 0 radical (unpaired) electrons. The molecule has 2 amide bonds. The minimum atomic E-state index is -6.60. The van der Waals surface area contributed by atoms with Crippen molar-refractivity contribution in [1.82, 2.24) is 0 Å². The number of nitrogens with one attached hydrogen (secondary N) is 2. The van der Waals surface area contributed by atoms with Gasteiger partial charge in [-0.2, -0.15) is 35.1 Å². The largest absolute Gasteiger partial charge is 0.573 e. The lowest BCUT2D eigenvalue weighted by Gasteiger charge is -2.31. The third-order valence-corrected chi connectivity index (χ3v) is 6.00. The van der Waals surface area contributed by atoms with E-state index in [1.54, 1.807) is 0 Å². The van der Waals surface area contributed by atoms with Gasteiger partial charge in [-0.15, -0.1) is 13.2 Å². The zero-order chi connectivity index (χ0) is 34.8. The van der Waals surface area contributed by atoms with Gasteiger partial charge in [0.25, 0.3) is 11.8 Å². The molecule has 0 aromatic heterocycles. The first-order valence-corrected chi connectivity index (χ1v) is 12.2. The molecule has 3 aromatic rings. The van der Waals surface area contributed by atoms with E-state index in [2.05, 4.69) is 14.8 Å². The minimum absolute atomic E-state index is 0.0171. The van der Waals surface area contributed by atoms with Gasteiger partial charge in [0.05, 0.1) is 29.6 Å². The van der Waals surface area contributed by atoms with E-state index in [0.717, 1.165) is 50.4 Å². The normalized spacial score (nSPS) is 12.5. The van der Waals surface area contributed by atoms with Crippen LogP contribution in [0.15, 0.2) is 54.6 Å². The lowest BCUT2D eigenvalue weighted by molar-refractivity contribution is -0.348. The molecule has 3 aromatic carbocycles. The van der Waals surface area contributed by atoms with E-state index in [9.17, 15) is 62.3 Å². The Morgan fingerprint density at radius 3 is 1.85 bits per heavy atom. The Morgan fingerprint density at radius 1 is 0.739 bits per heavy atom. The van der Waals surface area contributed by atoms with Crippen LogP contribution in [0.4, 0.5) is 64.1 Å². The summed E-state index contributed by atoms with van der Waals surface area (Å²) in [6.07, 6.45) is -18.4. The van der Waals surface area contributed by atoms with E-state index in [-0.39, 0.29) is 17.8 Å². The summed E-state index contributed by atoms with van der Waals surface area (Å²) >= 11 is 0. The van der Waals surface area contributed by atoms with Crippen molar-refractivity contribution in [2.75, 3.05) is 17.7 Å². The first kappa shape index (κ1) is 35.6. The van der Waals surface area contributed by atoms with Gasteiger partial charge in [0.15, 0.2) is 5.75 Å². The molecule has 0 saturated carbocycles. The summed E-state index contributed by atoms with van der Waals surface area (Å²) in [5.74, 6) is -5.34. The summed E-state index contributed by atoms with van der Waals surface area (Å²) in [5, 5.41) is 4.15. The van der Waals surface area contributed by atoms with Gasteiger partial charge in [-0.1, -0.05) is 18.2 Å². The number of aryl methyl sites for hydroxylation is 1. The number of para-hydroxylation sites is 2. The highest BCUT2D eigenvalue weighted by Gasteiger charge is 2.73. The number of hydrogen-bond acceptors (Lipinski definition) is 5. The average molecular weight is 678 g/mol. The number of hydrogen-bond donors (Lipinski definition) is 2. The number of anilines is 2. The van der Waals surface area contributed by atoms with Gasteiger partial charge in [-0.3, -0.25) is 9.59 Å². The molecule has 0 heterocycles. The van der Waals surface area contributed by atoms with Gasteiger partial charge in [-0.05, 0) is 48.9 Å². The molecule has 0 saturated heterocycles. The van der Waals surface area contributed by atoms with E-state index in [1.165, 1.54) is 6.07 Å². The summed E-state index contributed by atoms with van der Waals surface area (Å²) in [7, 11) is 0.975. The Hall–Kier alpha value is -4.84. The number of alkyl halides is 12. The molecule has 0 atom stereocenters. The van der Waals surface area contributed by atoms with Crippen LogP contribution in [0.2, 0.25) is 0 Å². The van der Waals surface area contributed by atoms with Crippen LogP contribution in [-0.4, -0.2) is 44.3 Å². The van der Waals surface area contributed by atoms with Gasteiger partial charge in [0, 0.05) is 5.56 Å². The number of carbonyl (C=O) groups excluding carboxylic acids is 2. The maximum Gasteiger partial charge on any atom is 0.573 e. The Labute approximate surface area is 250 Å². The first-order chi connectivity index (χ1) is 21.1. The van der Waals surface area contributed by atoms with E-state index >= 15 is 0 Å². The van der Waals surface area contributed by atoms with Crippen molar-refractivity contribution in [2.24, 2.45) is 0 Å². The Balaban J connectivity index is 2.04. The summed E-state index contributed by atoms with van der Waals surface area (Å²) in [5.41, 5.74) is -11.3. The second-order valence-corrected chi connectivity index (χ2v) is 9.04. The molecule has 0 unspecified atom stereocenters. The predicted octanol–water partition coefficient (Wildman–Crippen LogP) is 8.30. The van der Waals surface area contributed by atoms with Crippen LogP contribution in [0.25, 0.3) is 0 Å². The van der Waals surface area contributed by atoms with Crippen LogP contribution in [0.5, 0.6) is 17.2 Å². The number of ether oxygens (including phenoxy) is 3. The first-order valence-electron chi connectivity index (χ1n) is 12.2. The average Bonchev–Trinajstić information content (AvgIpc) is 2.91. The second kappa shape index (κ2) is 12.9. The van der Waals surface area contributed by atoms with Crippen molar-refractivity contribution >= 4 is 23.2 Å². The Bertz CT molecular complexity index is 1590. The molecule has 0 bridgehead atoms. The van der Waals surface area contributed by atoms with Crippen molar-refractivity contribution in [3.05, 3.63) is 76.9 Å².